The summed E-state index contributed by atoms with van der Waals surface area (Å²) in [5, 5.41) is 5.01. The minimum atomic E-state index is -4.10. The van der Waals surface area contributed by atoms with Crippen molar-refractivity contribution in [3.05, 3.63) is 117 Å². The lowest BCUT2D eigenvalue weighted by Gasteiger charge is -2.25. The molecule has 0 aromatic heterocycles. The summed E-state index contributed by atoms with van der Waals surface area (Å²) in [6.07, 6.45) is 1.44. The summed E-state index contributed by atoms with van der Waals surface area (Å²) in [5.41, 5.74) is 5.80. The van der Waals surface area contributed by atoms with Gasteiger partial charge < -0.3 is 9.47 Å². The average molecular weight is 641 g/mol. The van der Waals surface area contributed by atoms with Crippen LogP contribution in [0.5, 0.6) is 11.5 Å². The number of halogens is 2. The lowest BCUT2D eigenvalue weighted by Crippen LogP contribution is -2.40. The molecule has 4 rings (SSSR count). The number of sulfonamides is 1. The molecule has 1 amide bonds. The highest BCUT2D eigenvalue weighted by molar-refractivity contribution is 7.92. The van der Waals surface area contributed by atoms with Gasteiger partial charge in [-0.15, -0.1) is 0 Å². The van der Waals surface area contributed by atoms with Crippen LogP contribution in [0.15, 0.2) is 94.9 Å². The van der Waals surface area contributed by atoms with Gasteiger partial charge in [-0.3, -0.25) is 9.10 Å². The van der Waals surface area contributed by atoms with Crippen LogP contribution >= 0.6 is 23.2 Å². The molecule has 0 heterocycles. The Kier molecular flexibility index (Phi) is 10.7. The van der Waals surface area contributed by atoms with Crippen LogP contribution in [0.3, 0.4) is 0 Å². The molecule has 0 fully saturated rings. The first kappa shape index (κ1) is 31.9. The lowest BCUT2D eigenvalue weighted by molar-refractivity contribution is -0.119. The van der Waals surface area contributed by atoms with Crippen LogP contribution in [0.4, 0.5) is 5.69 Å². The Morgan fingerprint density at radius 3 is 2.37 bits per heavy atom. The van der Waals surface area contributed by atoms with Gasteiger partial charge in [-0.1, -0.05) is 59.1 Å². The highest BCUT2D eigenvalue weighted by Crippen LogP contribution is 2.30. The first-order valence-electron chi connectivity index (χ1n) is 13.4. The predicted octanol–water partition coefficient (Wildman–Crippen LogP) is 6.93. The summed E-state index contributed by atoms with van der Waals surface area (Å²) in [4.78, 5) is 13.0. The van der Waals surface area contributed by atoms with Crippen molar-refractivity contribution in [1.29, 1.82) is 0 Å². The van der Waals surface area contributed by atoms with Crippen molar-refractivity contribution in [2.24, 2.45) is 5.10 Å². The Morgan fingerprint density at radius 1 is 0.907 bits per heavy atom. The number of nitrogens with zero attached hydrogens (tertiary/aromatic N) is 2. The number of hydrazone groups is 1. The molecule has 0 unspecified atom stereocenters. The second-order valence-electron chi connectivity index (χ2n) is 9.61. The maximum absolute atomic E-state index is 13.7. The van der Waals surface area contributed by atoms with E-state index >= 15 is 0 Å². The van der Waals surface area contributed by atoms with Crippen LogP contribution in [0.1, 0.15) is 29.2 Å². The molecule has 0 radical (unpaired) electrons. The third-order valence-electron chi connectivity index (χ3n) is 6.29. The zero-order chi connectivity index (χ0) is 31.0. The highest BCUT2D eigenvalue weighted by atomic mass is 35.5. The van der Waals surface area contributed by atoms with E-state index in [0.29, 0.717) is 51.6 Å². The van der Waals surface area contributed by atoms with Crippen molar-refractivity contribution in [2.45, 2.75) is 32.3 Å². The molecule has 0 aliphatic heterocycles. The van der Waals surface area contributed by atoms with E-state index in [0.717, 1.165) is 15.4 Å². The van der Waals surface area contributed by atoms with Crippen LogP contribution in [-0.4, -0.2) is 33.7 Å². The van der Waals surface area contributed by atoms with Crippen LogP contribution < -0.4 is 19.2 Å². The van der Waals surface area contributed by atoms with Gasteiger partial charge in [0.05, 0.1) is 23.4 Å². The van der Waals surface area contributed by atoms with E-state index < -0.39 is 22.5 Å². The molecule has 43 heavy (non-hydrogen) atoms. The van der Waals surface area contributed by atoms with Gasteiger partial charge in [-0.25, -0.2) is 13.8 Å². The normalized spacial score (nSPS) is 11.4. The summed E-state index contributed by atoms with van der Waals surface area (Å²) < 4.78 is 40.0. The number of amides is 1. The maximum atomic E-state index is 13.7. The van der Waals surface area contributed by atoms with Gasteiger partial charge in [0.25, 0.3) is 15.9 Å². The summed E-state index contributed by atoms with van der Waals surface area (Å²) in [6, 6.07) is 23.9. The minimum Gasteiger partial charge on any atom is -0.490 e. The average Bonchev–Trinajstić information content (AvgIpc) is 2.97. The van der Waals surface area contributed by atoms with E-state index in [1.54, 1.807) is 55.5 Å². The number of hydrogen-bond donors (Lipinski definition) is 1. The fourth-order valence-electron chi connectivity index (χ4n) is 4.11. The monoisotopic (exact) mass is 639 g/mol. The van der Waals surface area contributed by atoms with Crippen LogP contribution in [-0.2, 0) is 21.4 Å². The molecule has 1 N–H and O–H groups in total. The van der Waals surface area contributed by atoms with Gasteiger partial charge in [0.1, 0.15) is 13.2 Å². The van der Waals surface area contributed by atoms with E-state index in [2.05, 4.69) is 10.5 Å². The maximum Gasteiger partial charge on any atom is 0.264 e. The fourth-order valence-corrected chi connectivity index (χ4v) is 5.97. The molecular weight excluding hydrogens is 609 g/mol. The third kappa shape index (κ3) is 8.50. The molecule has 0 spiro atoms. The summed E-state index contributed by atoms with van der Waals surface area (Å²) >= 11 is 12.3. The van der Waals surface area contributed by atoms with Gasteiger partial charge in [0.2, 0.25) is 0 Å². The van der Waals surface area contributed by atoms with Gasteiger partial charge in [-0.2, -0.15) is 5.10 Å². The van der Waals surface area contributed by atoms with Gasteiger partial charge >= 0.3 is 0 Å². The third-order valence-corrected chi connectivity index (χ3v) is 8.53. The number of rotatable bonds is 12. The zero-order valence-corrected chi connectivity index (χ0v) is 26.2. The quantitative estimate of drug-likeness (QED) is 0.134. The largest absolute Gasteiger partial charge is 0.490 e. The number of ether oxygens (including phenoxy) is 2. The Morgan fingerprint density at radius 2 is 1.65 bits per heavy atom. The number of carbonyl (C=O) groups excluding carboxylic acids is 1. The number of anilines is 1. The molecule has 0 aliphatic carbocycles. The summed E-state index contributed by atoms with van der Waals surface area (Å²) in [6.45, 7) is 5.67. The van der Waals surface area contributed by atoms with Crippen molar-refractivity contribution in [3.8, 4) is 11.5 Å². The molecule has 4 aromatic carbocycles. The predicted molar refractivity (Wildman–Crippen MR) is 171 cm³/mol. The molecule has 0 saturated carbocycles. The van der Waals surface area contributed by atoms with E-state index in [4.69, 9.17) is 32.7 Å². The molecule has 11 heteroatoms. The van der Waals surface area contributed by atoms with Crippen LogP contribution in [0, 0.1) is 13.8 Å². The van der Waals surface area contributed by atoms with Crippen LogP contribution in [0.2, 0.25) is 10.0 Å². The van der Waals surface area contributed by atoms with E-state index in [1.807, 2.05) is 32.0 Å². The highest BCUT2D eigenvalue weighted by Gasteiger charge is 2.28. The molecule has 0 saturated heterocycles. The molecule has 4 aromatic rings. The SMILES string of the molecule is CCOc1cc(/C=N\NC(=O)CN(c2cc(Cl)ccc2C)S(=O)(=O)c2ccc(C)cc2)ccc1OCc1cccc(Cl)c1. The number of hydrogen-bond acceptors (Lipinski definition) is 6. The smallest absolute Gasteiger partial charge is 0.264 e. The second-order valence-corrected chi connectivity index (χ2v) is 12.3. The minimum absolute atomic E-state index is 0.0508. The topological polar surface area (TPSA) is 97.3 Å². The molecule has 8 nitrogen and oxygen atoms in total. The first-order chi connectivity index (χ1) is 20.6. The molecule has 0 bridgehead atoms. The first-order valence-corrected chi connectivity index (χ1v) is 15.6. The Bertz CT molecular complexity index is 1730. The van der Waals surface area contributed by atoms with E-state index in [1.165, 1.54) is 24.4 Å². The molecule has 0 atom stereocenters. The van der Waals surface area contributed by atoms with Crippen molar-refractivity contribution >= 4 is 51.0 Å². The number of carbonyl (C=O) groups is 1. The standard InChI is InChI=1S/C32H31Cl2N3O5S/c1-4-41-31-17-24(11-15-30(31)42-21-25-6-5-7-26(33)16-25)19-35-36-32(38)20-37(29-18-27(34)12-10-23(29)3)43(39,40)28-13-8-22(2)9-14-28/h5-19H,4,20-21H2,1-3H3,(H,36,38)/b35-19-. The molecular formula is C32H31Cl2N3O5S. The zero-order valence-electron chi connectivity index (χ0n) is 23.9. The Labute approximate surface area is 261 Å². The van der Waals surface area contributed by atoms with Crippen molar-refractivity contribution < 1.29 is 22.7 Å². The number of benzene rings is 4. The molecule has 224 valence electrons. The lowest BCUT2D eigenvalue weighted by atomic mass is 10.2. The number of nitrogens with one attached hydrogen (secondary N) is 1. The van der Waals surface area contributed by atoms with E-state index in [-0.39, 0.29) is 4.90 Å². The van der Waals surface area contributed by atoms with Gasteiger partial charge in [0.15, 0.2) is 11.5 Å². The van der Waals surface area contributed by atoms with Crippen molar-refractivity contribution in [2.75, 3.05) is 17.5 Å². The fraction of sp³-hybridized carbons (Fsp3) is 0.188. The van der Waals surface area contributed by atoms with Gasteiger partial charge in [0, 0.05) is 10.0 Å². The van der Waals surface area contributed by atoms with Gasteiger partial charge in [-0.05, 0) is 92.1 Å². The summed E-state index contributed by atoms with van der Waals surface area (Å²) in [5.74, 6) is 0.404. The molecule has 0 aliphatic rings. The van der Waals surface area contributed by atoms with E-state index in [9.17, 15) is 13.2 Å². The number of aryl methyl sites for hydroxylation is 2. The summed E-state index contributed by atoms with van der Waals surface area (Å²) in [7, 11) is -4.10. The Hall–Kier alpha value is -4.05. The van der Waals surface area contributed by atoms with Crippen LogP contribution in [0.25, 0.3) is 0 Å². The van der Waals surface area contributed by atoms with Crippen molar-refractivity contribution in [3.63, 3.8) is 0 Å². The Balaban J connectivity index is 1.50. The second kappa shape index (κ2) is 14.4. The van der Waals surface area contributed by atoms with Crippen molar-refractivity contribution in [1.82, 2.24) is 5.43 Å².